The molecule has 3 unspecified atom stereocenters. The van der Waals surface area contributed by atoms with Crippen molar-refractivity contribution in [1.82, 2.24) is 4.98 Å². The molecular formula is C28H28FNO4. The summed E-state index contributed by atoms with van der Waals surface area (Å²) < 4.78 is 26.0. The summed E-state index contributed by atoms with van der Waals surface area (Å²) in [6.07, 6.45) is 3.54. The number of aliphatic carboxylic acids is 1. The number of aryl methyl sites for hydroxylation is 1. The molecule has 3 atom stereocenters. The summed E-state index contributed by atoms with van der Waals surface area (Å²) in [5.41, 5.74) is 3.94. The minimum absolute atomic E-state index is 0.00102. The fraction of sp³-hybridized carbons (Fsp3) is 0.357. The molecule has 176 valence electrons. The Morgan fingerprint density at radius 3 is 2.65 bits per heavy atom. The van der Waals surface area contributed by atoms with Crippen LogP contribution in [0.15, 0.2) is 54.6 Å². The molecule has 5 nitrogen and oxygen atoms in total. The van der Waals surface area contributed by atoms with Gasteiger partial charge in [-0.1, -0.05) is 25.1 Å². The Bertz CT molecular complexity index is 1220. The number of hydrogen-bond donors (Lipinski definition) is 1. The number of carbonyl (C=O) groups is 1. The van der Waals surface area contributed by atoms with Crippen LogP contribution in [0.3, 0.4) is 0 Å². The molecule has 3 aromatic rings. The highest BCUT2D eigenvalue weighted by atomic mass is 19.1. The smallest absolute Gasteiger partial charge is 0.306 e. The minimum atomic E-state index is -0.762. The fourth-order valence-corrected chi connectivity index (χ4v) is 5.07. The van der Waals surface area contributed by atoms with Crippen molar-refractivity contribution >= 4 is 5.97 Å². The van der Waals surface area contributed by atoms with Crippen LogP contribution in [-0.2, 0) is 11.2 Å². The first-order valence-electron chi connectivity index (χ1n) is 11.8. The molecule has 1 aromatic heterocycles. The first-order valence-corrected chi connectivity index (χ1v) is 11.8. The highest BCUT2D eigenvalue weighted by Crippen LogP contribution is 2.47. The molecule has 2 aliphatic rings. The number of ether oxygens (including phenoxy) is 2. The largest absolute Gasteiger partial charge is 0.497 e. The number of rotatable bonds is 8. The van der Waals surface area contributed by atoms with E-state index >= 15 is 0 Å². The third-order valence-electron chi connectivity index (χ3n) is 7.03. The second-order valence-corrected chi connectivity index (χ2v) is 9.29. The number of fused-ring (bicyclic) bond motifs is 1. The fourth-order valence-electron chi connectivity index (χ4n) is 5.07. The monoisotopic (exact) mass is 461 g/mol. The van der Waals surface area contributed by atoms with Crippen LogP contribution in [0.2, 0.25) is 0 Å². The summed E-state index contributed by atoms with van der Waals surface area (Å²) in [7, 11) is 1.55. The average Bonchev–Trinajstić information content (AvgIpc) is 3.60. The molecule has 2 aliphatic carbocycles. The molecule has 0 radical (unpaired) electrons. The van der Waals surface area contributed by atoms with E-state index in [-0.39, 0.29) is 17.8 Å². The van der Waals surface area contributed by atoms with Gasteiger partial charge in [-0.05, 0) is 79.5 Å². The number of carboxylic acid groups (broad SMARTS) is 1. The number of pyridine rings is 1. The molecule has 0 bridgehead atoms. The molecule has 0 amide bonds. The Morgan fingerprint density at radius 2 is 1.91 bits per heavy atom. The molecule has 0 aliphatic heterocycles. The number of carboxylic acids is 1. The quantitative estimate of drug-likeness (QED) is 0.434. The van der Waals surface area contributed by atoms with Crippen LogP contribution < -0.4 is 9.47 Å². The van der Waals surface area contributed by atoms with Gasteiger partial charge in [0.15, 0.2) is 0 Å². The van der Waals surface area contributed by atoms with Gasteiger partial charge in [0.05, 0.1) is 18.7 Å². The van der Waals surface area contributed by atoms with Crippen molar-refractivity contribution in [3.8, 4) is 22.8 Å². The van der Waals surface area contributed by atoms with Gasteiger partial charge in [-0.25, -0.2) is 4.39 Å². The van der Waals surface area contributed by atoms with Gasteiger partial charge in [-0.3, -0.25) is 9.78 Å². The number of methoxy groups -OCH3 is 1. The van der Waals surface area contributed by atoms with Crippen molar-refractivity contribution < 1.29 is 23.8 Å². The van der Waals surface area contributed by atoms with Gasteiger partial charge in [0.25, 0.3) is 0 Å². The lowest BCUT2D eigenvalue weighted by molar-refractivity contribution is -0.142. The maximum atomic E-state index is 14.4. The van der Waals surface area contributed by atoms with E-state index in [9.17, 15) is 14.3 Å². The Kier molecular flexibility index (Phi) is 5.98. The SMILES string of the molecule is COc1ccc(F)c(-c2ccc3c(n2)CCC3Oc2cccc(C(C3CC3)C(C)C(=O)O)c2)c1. The van der Waals surface area contributed by atoms with Gasteiger partial charge in [-0.15, -0.1) is 0 Å². The zero-order valence-electron chi connectivity index (χ0n) is 19.3. The Morgan fingerprint density at radius 1 is 1.09 bits per heavy atom. The van der Waals surface area contributed by atoms with E-state index in [0.29, 0.717) is 22.9 Å². The van der Waals surface area contributed by atoms with E-state index in [1.807, 2.05) is 36.4 Å². The maximum Gasteiger partial charge on any atom is 0.306 e. The van der Waals surface area contributed by atoms with Crippen LogP contribution in [0, 0.1) is 17.7 Å². The summed E-state index contributed by atoms with van der Waals surface area (Å²) in [5, 5.41) is 9.58. The number of aromatic nitrogens is 1. The van der Waals surface area contributed by atoms with E-state index < -0.39 is 11.9 Å². The van der Waals surface area contributed by atoms with Gasteiger partial charge in [0.1, 0.15) is 23.4 Å². The molecule has 6 heteroatoms. The van der Waals surface area contributed by atoms with E-state index in [1.54, 1.807) is 26.2 Å². The molecule has 1 heterocycles. The molecule has 0 saturated heterocycles. The summed E-state index contributed by atoms with van der Waals surface area (Å²) >= 11 is 0. The van der Waals surface area contributed by atoms with Crippen molar-refractivity contribution in [2.75, 3.05) is 7.11 Å². The minimum Gasteiger partial charge on any atom is -0.497 e. The zero-order valence-corrected chi connectivity index (χ0v) is 19.3. The number of benzene rings is 2. The van der Waals surface area contributed by atoms with Gasteiger partial charge in [0, 0.05) is 16.8 Å². The Labute approximate surface area is 198 Å². The first kappa shape index (κ1) is 22.4. The number of hydrogen-bond acceptors (Lipinski definition) is 4. The van der Waals surface area contributed by atoms with Crippen molar-refractivity contribution in [1.29, 1.82) is 0 Å². The number of nitrogens with zero attached hydrogens (tertiary/aromatic N) is 1. The van der Waals surface area contributed by atoms with Crippen LogP contribution in [0.25, 0.3) is 11.3 Å². The van der Waals surface area contributed by atoms with Crippen molar-refractivity contribution in [3.05, 3.63) is 77.2 Å². The van der Waals surface area contributed by atoms with Gasteiger partial charge >= 0.3 is 5.97 Å². The molecular weight excluding hydrogens is 433 g/mol. The van der Waals surface area contributed by atoms with Crippen LogP contribution in [0.1, 0.15) is 55.0 Å². The predicted octanol–water partition coefficient (Wildman–Crippen LogP) is 6.18. The van der Waals surface area contributed by atoms with Crippen LogP contribution in [0.4, 0.5) is 4.39 Å². The normalized spacial score (nSPS) is 18.7. The Hall–Kier alpha value is -3.41. The standard InChI is InChI=1S/C28H28FNO4/c1-16(28(31)32)27(17-6-7-17)18-4-3-5-20(14-18)34-26-13-12-24-21(26)9-11-25(30-24)22-15-19(33-2)8-10-23(22)29/h3-5,8-11,14-17,26-27H,6-7,12-13H2,1-2H3,(H,31,32). The average molecular weight is 462 g/mol. The highest BCUT2D eigenvalue weighted by molar-refractivity contribution is 5.71. The number of halogens is 1. The lowest BCUT2D eigenvalue weighted by Crippen LogP contribution is -2.20. The zero-order chi connectivity index (χ0) is 23.8. The molecule has 1 fully saturated rings. The lowest BCUT2D eigenvalue weighted by atomic mass is 9.83. The maximum absolute atomic E-state index is 14.4. The van der Waals surface area contributed by atoms with E-state index in [4.69, 9.17) is 14.5 Å². The molecule has 1 saturated carbocycles. The van der Waals surface area contributed by atoms with Gasteiger partial charge < -0.3 is 14.6 Å². The van der Waals surface area contributed by atoms with E-state index in [2.05, 4.69) is 0 Å². The lowest BCUT2D eigenvalue weighted by Gasteiger charge is -2.22. The highest BCUT2D eigenvalue weighted by Gasteiger charge is 2.38. The first-order chi connectivity index (χ1) is 16.4. The topological polar surface area (TPSA) is 68.7 Å². The third-order valence-corrected chi connectivity index (χ3v) is 7.03. The van der Waals surface area contributed by atoms with Crippen molar-refractivity contribution in [2.24, 2.45) is 11.8 Å². The summed E-state index contributed by atoms with van der Waals surface area (Å²) in [6, 6.07) is 16.3. The second-order valence-electron chi connectivity index (χ2n) is 9.29. The molecule has 1 N–H and O–H groups in total. The van der Waals surface area contributed by atoms with Crippen LogP contribution >= 0.6 is 0 Å². The molecule has 2 aromatic carbocycles. The van der Waals surface area contributed by atoms with Crippen LogP contribution in [0.5, 0.6) is 11.5 Å². The van der Waals surface area contributed by atoms with Crippen molar-refractivity contribution in [2.45, 2.75) is 44.6 Å². The summed E-state index contributed by atoms with van der Waals surface area (Å²) in [6.45, 7) is 1.79. The van der Waals surface area contributed by atoms with Crippen molar-refractivity contribution in [3.63, 3.8) is 0 Å². The predicted molar refractivity (Wildman–Crippen MR) is 127 cm³/mol. The molecule has 5 rings (SSSR count). The van der Waals surface area contributed by atoms with Gasteiger partial charge in [-0.2, -0.15) is 0 Å². The summed E-state index contributed by atoms with van der Waals surface area (Å²) in [4.78, 5) is 16.4. The van der Waals surface area contributed by atoms with E-state index in [1.165, 1.54) is 6.07 Å². The van der Waals surface area contributed by atoms with E-state index in [0.717, 1.165) is 48.3 Å². The third kappa shape index (κ3) is 4.37. The molecule has 0 spiro atoms. The Balaban J connectivity index is 1.37. The summed E-state index contributed by atoms with van der Waals surface area (Å²) in [5.74, 6) is 0.212. The van der Waals surface area contributed by atoms with Gasteiger partial charge in [0.2, 0.25) is 0 Å². The second kappa shape index (κ2) is 9.09. The molecule has 34 heavy (non-hydrogen) atoms. The van der Waals surface area contributed by atoms with Crippen LogP contribution in [-0.4, -0.2) is 23.2 Å².